The zero-order valence-corrected chi connectivity index (χ0v) is 22.5. The average molecular weight is 573 g/mol. The van der Waals surface area contributed by atoms with E-state index in [4.69, 9.17) is 9.47 Å². The first-order valence-electron chi connectivity index (χ1n) is 12.5. The van der Waals surface area contributed by atoms with Crippen molar-refractivity contribution in [2.24, 2.45) is 0 Å². The zero-order chi connectivity index (χ0) is 26.3. The summed E-state index contributed by atoms with van der Waals surface area (Å²) in [6.45, 7) is 1.07. The van der Waals surface area contributed by atoms with Crippen LogP contribution in [0.4, 0.5) is 8.78 Å². The van der Waals surface area contributed by atoms with E-state index in [0.29, 0.717) is 36.6 Å². The smallest absolute Gasteiger partial charge is 0.250 e. The molecule has 0 bridgehead atoms. The van der Waals surface area contributed by atoms with Gasteiger partial charge in [-0.15, -0.1) is 0 Å². The van der Waals surface area contributed by atoms with E-state index in [9.17, 15) is 13.9 Å². The number of pyridine rings is 1. The number of hydrogen-bond acceptors (Lipinski definition) is 5. The summed E-state index contributed by atoms with van der Waals surface area (Å²) >= 11 is 3.52. The highest BCUT2D eigenvalue weighted by atomic mass is 79.9. The number of ether oxygens (including phenoxy) is 2. The molecule has 1 aliphatic carbocycles. The van der Waals surface area contributed by atoms with Crippen molar-refractivity contribution in [1.29, 1.82) is 0 Å². The second-order valence-corrected chi connectivity index (χ2v) is 11.0. The number of fused-ring (bicyclic) bond motifs is 3. The van der Waals surface area contributed by atoms with Crippen molar-refractivity contribution in [3.63, 3.8) is 0 Å². The van der Waals surface area contributed by atoms with Crippen LogP contribution in [-0.2, 0) is 11.2 Å². The molecule has 6 rings (SSSR count). The monoisotopic (exact) mass is 572 g/mol. The summed E-state index contributed by atoms with van der Waals surface area (Å²) in [7, 11) is 3.47. The molecule has 1 aromatic heterocycles. The predicted molar refractivity (Wildman–Crippen MR) is 141 cm³/mol. The Hall–Kier alpha value is -2.55. The van der Waals surface area contributed by atoms with E-state index in [2.05, 4.69) is 33.0 Å². The summed E-state index contributed by atoms with van der Waals surface area (Å²) in [5, 5.41) is 12.2. The van der Waals surface area contributed by atoms with Gasteiger partial charge in [-0.2, -0.15) is 0 Å². The zero-order valence-electron chi connectivity index (χ0n) is 21.0. The third kappa shape index (κ3) is 4.53. The Labute approximate surface area is 224 Å². The normalized spacial score (nSPS) is 27.9. The third-order valence-electron chi connectivity index (χ3n) is 7.87. The number of piperidine rings is 1. The fraction of sp³-hybridized carbons (Fsp3) is 0.414. The molecule has 2 aliphatic heterocycles. The van der Waals surface area contributed by atoms with Gasteiger partial charge in [0.05, 0.1) is 25.1 Å². The van der Waals surface area contributed by atoms with Gasteiger partial charge in [-0.05, 0) is 43.1 Å². The number of alkyl halides is 2. The van der Waals surface area contributed by atoms with Gasteiger partial charge >= 0.3 is 0 Å². The van der Waals surface area contributed by atoms with Crippen molar-refractivity contribution in [1.82, 2.24) is 9.88 Å². The van der Waals surface area contributed by atoms with Gasteiger partial charge in [0, 0.05) is 36.3 Å². The molecular formula is C29H31BrF2N2O3. The van der Waals surface area contributed by atoms with Gasteiger partial charge in [0.2, 0.25) is 0 Å². The Morgan fingerprint density at radius 2 is 1.70 bits per heavy atom. The summed E-state index contributed by atoms with van der Waals surface area (Å²) in [6.07, 6.45) is 4.77. The minimum atomic E-state index is -2.38. The van der Waals surface area contributed by atoms with Gasteiger partial charge in [-0.1, -0.05) is 58.4 Å². The second-order valence-electron chi connectivity index (χ2n) is 10.1. The van der Waals surface area contributed by atoms with Crippen molar-refractivity contribution in [2.45, 2.75) is 48.7 Å². The second kappa shape index (κ2) is 9.97. The van der Waals surface area contributed by atoms with Crippen molar-refractivity contribution in [3.8, 4) is 11.5 Å². The number of methoxy groups -OCH3 is 1. The molecule has 0 radical (unpaired) electrons. The lowest BCUT2D eigenvalue weighted by Crippen LogP contribution is -2.48. The molecule has 5 nitrogen and oxygen atoms in total. The Kier molecular flexibility index (Phi) is 7.02. The molecule has 0 amide bonds. The summed E-state index contributed by atoms with van der Waals surface area (Å²) in [6, 6.07) is 18.3. The number of nitrogens with zero attached hydrogens (tertiary/aromatic N) is 2. The van der Waals surface area contributed by atoms with Crippen LogP contribution in [0.2, 0.25) is 0 Å². The van der Waals surface area contributed by atoms with E-state index in [-0.39, 0.29) is 18.8 Å². The first kappa shape index (κ1) is 26.1. The largest absolute Gasteiger partial charge is 0.495 e. The van der Waals surface area contributed by atoms with Crippen LogP contribution in [0, 0.1) is 0 Å². The summed E-state index contributed by atoms with van der Waals surface area (Å²) in [5.41, 5.74) is 0.661. The summed E-state index contributed by atoms with van der Waals surface area (Å²) in [5.74, 6) is -1.23. The minimum Gasteiger partial charge on any atom is -0.495 e. The maximum Gasteiger partial charge on any atom is 0.250 e. The van der Waals surface area contributed by atoms with E-state index in [1.165, 1.54) is 0 Å². The highest BCUT2D eigenvalue weighted by molar-refractivity contribution is 9.10. The number of rotatable bonds is 3. The molecule has 1 N–H and O–H groups in total. The third-order valence-corrected chi connectivity index (χ3v) is 8.40. The van der Waals surface area contributed by atoms with E-state index >= 15 is 0 Å². The number of benzene rings is 2. The predicted octanol–water partition coefficient (Wildman–Crippen LogP) is 6.25. The molecule has 2 fully saturated rings. The average Bonchev–Trinajstić information content (AvgIpc) is 3.34. The highest BCUT2D eigenvalue weighted by Crippen LogP contribution is 2.67. The van der Waals surface area contributed by atoms with Crippen LogP contribution in [0.15, 0.2) is 71.5 Å². The van der Waals surface area contributed by atoms with Gasteiger partial charge in [0.1, 0.15) is 17.1 Å². The minimum absolute atomic E-state index is 0.00279. The van der Waals surface area contributed by atoms with Crippen molar-refractivity contribution in [3.05, 3.63) is 88.2 Å². The maximum atomic E-state index is 12.4. The van der Waals surface area contributed by atoms with Crippen LogP contribution in [0.5, 0.6) is 11.5 Å². The standard InChI is InChI=1S/C23H20BrNO3.C6H11F2N/c1-27-19-13-25-14-20-21(19)22(26)12-11-18(15-5-3-2-4-6-15)23(22,28-20)16-7-9-17(24)10-8-16;1-9-4-2-6(7,8)3-5-9/h2-10,13-14,18,26H,11-12H2,1H3;2-5H2,1H3. The summed E-state index contributed by atoms with van der Waals surface area (Å²) in [4.78, 5) is 6.18. The summed E-state index contributed by atoms with van der Waals surface area (Å²) < 4.78 is 37.9. The molecule has 3 atom stereocenters. The molecule has 37 heavy (non-hydrogen) atoms. The van der Waals surface area contributed by atoms with E-state index in [1.807, 2.05) is 54.4 Å². The van der Waals surface area contributed by atoms with E-state index < -0.39 is 17.1 Å². The number of likely N-dealkylation sites (tertiary alicyclic amines) is 1. The van der Waals surface area contributed by atoms with Crippen molar-refractivity contribution < 1.29 is 23.4 Å². The van der Waals surface area contributed by atoms with E-state index in [0.717, 1.165) is 22.0 Å². The van der Waals surface area contributed by atoms with Gasteiger partial charge in [-0.3, -0.25) is 4.98 Å². The molecule has 1 saturated carbocycles. The van der Waals surface area contributed by atoms with Gasteiger partial charge in [0.15, 0.2) is 5.60 Å². The highest BCUT2D eigenvalue weighted by Gasteiger charge is 2.69. The fourth-order valence-corrected chi connectivity index (χ4v) is 6.23. The van der Waals surface area contributed by atoms with Crippen LogP contribution in [0.25, 0.3) is 0 Å². The molecule has 3 unspecified atom stereocenters. The van der Waals surface area contributed by atoms with Crippen LogP contribution in [0.1, 0.15) is 48.3 Å². The molecule has 1 saturated heterocycles. The Morgan fingerprint density at radius 3 is 2.32 bits per heavy atom. The van der Waals surface area contributed by atoms with Crippen LogP contribution >= 0.6 is 15.9 Å². The molecule has 196 valence electrons. The number of aliphatic hydroxyl groups is 1. The molecule has 8 heteroatoms. The number of halogens is 3. The van der Waals surface area contributed by atoms with Crippen LogP contribution in [0.3, 0.4) is 0 Å². The quantitative estimate of drug-likeness (QED) is 0.402. The van der Waals surface area contributed by atoms with Crippen LogP contribution < -0.4 is 9.47 Å². The molecular weight excluding hydrogens is 542 g/mol. The molecule has 3 aromatic rings. The lowest BCUT2D eigenvalue weighted by Gasteiger charge is -2.40. The Balaban J connectivity index is 0.000000265. The number of aromatic nitrogens is 1. The van der Waals surface area contributed by atoms with E-state index in [1.54, 1.807) is 19.5 Å². The first-order valence-corrected chi connectivity index (χ1v) is 13.3. The Morgan fingerprint density at radius 1 is 1.03 bits per heavy atom. The molecule has 3 aliphatic rings. The topological polar surface area (TPSA) is 54.8 Å². The Bertz CT molecular complexity index is 1230. The van der Waals surface area contributed by atoms with Gasteiger partial charge in [0.25, 0.3) is 5.92 Å². The van der Waals surface area contributed by atoms with Gasteiger partial charge in [-0.25, -0.2) is 8.78 Å². The first-order chi connectivity index (χ1) is 17.7. The molecule has 0 spiro atoms. The maximum absolute atomic E-state index is 12.4. The number of hydrogen-bond donors (Lipinski definition) is 1. The van der Waals surface area contributed by atoms with Crippen molar-refractivity contribution >= 4 is 15.9 Å². The molecule has 2 aromatic carbocycles. The SMILES string of the molecule is CN1CCC(F)(F)CC1.COc1cncc2c1C1(O)CCC(c3ccccc3)C1(c1ccc(Br)cc1)O2. The van der Waals surface area contributed by atoms with Crippen molar-refractivity contribution in [2.75, 3.05) is 27.2 Å². The lowest BCUT2D eigenvalue weighted by molar-refractivity contribution is -0.106. The lowest BCUT2D eigenvalue weighted by atomic mass is 9.72. The molecule has 3 heterocycles. The van der Waals surface area contributed by atoms with Gasteiger partial charge < -0.3 is 19.5 Å². The van der Waals surface area contributed by atoms with Crippen LogP contribution in [-0.4, -0.2) is 48.2 Å². The fourth-order valence-electron chi connectivity index (χ4n) is 5.96.